The van der Waals surface area contributed by atoms with Gasteiger partial charge in [0.05, 0.1) is 11.1 Å². The van der Waals surface area contributed by atoms with Gasteiger partial charge in [0.1, 0.15) is 23.3 Å². The highest BCUT2D eigenvalue weighted by molar-refractivity contribution is 8.76. The highest BCUT2D eigenvalue weighted by Crippen LogP contribution is 2.38. The van der Waals surface area contributed by atoms with Crippen LogP contribution in [0.2, 0.25) is 0 Å². The summed E-state index contributed by atoms with van der Waals surface area (Å²) in [5, 5.41) is 2.85. The quantitative estimate of drug-likeness (QED) is 0.129. The van der Waals surface area contributed by atoms with E-state index in [4.69, 9.17) is 9.47 Å². The van der Waals surface area contributed by atoms with Crippen molar-refractivity contribution >= 4 is 45.5 Å². The third-order valence-corrected chi connectivity index (χ3v) is 9.03. The lowest BCUT2D eigenvalue weighted by Crippen LogP contribution is -2.46. The fraction of sp³-hybridized carbons (Fsp3) is 0.556. The average molecular weight is 673 g/mol. The molecule has 46 heavy (non-hydrogen) atoms. The molecule has 0 heterocycles. The van der Waals surface area contributed by atoms with Crippen molar-refractivity contribution in [3.05, 3.63) is 64.7 Å². The number of carbonyl (C=O) groups is 4. The molecule has 0 aliphatic carbocycles. The fourth-order valence-electron chi connectivity index (χ4n) is 4.48. The zero-order valence-electron chi connectivity index (χ0n) is 29.5. The van der Waals surface area contributed by atoms with Gasteiger partial charge in [0, 0.05) is 15.9 Å². The van der Waals surface area contributed by atoms with Crippen molar-refractivity contribution in [1.82, 2.24) is 9.62 Å². The van der Waals surface area contributed by atoms with Crippen molar-refractivity contribution < 1.29 is 28.7 Å². The molecule has 8 nitrogen and oxygen atoms in total. The molecule has 0 fully saturated rings. The van der Waals surface area contributed by atoms with Crippen LogP contribution in [0.15, 0.2) is 47.4 Å². The van der Waals surface area contributed by atoms with Crippen molar-refractivity contribution in [3.63, 3.8) is 0 Å². The third-order valence-electron chi connectivity index (χ3n) is 6.63. The largest absolute Gasteiger partial charge is 0.458 e. The van der Waals surface area contributed by atoms with E-state index < -0.39 is 47.0 Å². The number of ether oxygens (including phenoxy) is 2. The van der Waals surface area contributed by atoms with Gasteiger partial charge in [0.2, 0.25) is 0 Å². The van der Waals surface area contributed by atoms with Crippen molar-refractivity contribution in [2.24, 2.45) is 11.8 Å². The number of hydrogen-bond donors (Lipinski definition) is 1. The third kappa shape index (κ3) is 12.7. The number of esters is 2. The highest BCUT2D eigenvalue weighted by Gasteiger charge is 2.37. The van der Waals surface area contributed by atoms with Crippen LogP contribution in [0, 0.1) is 25.7 Å². The Labute approximate surface area is 283 Å². The molecule has 0 radical (unpaired) electrons. The van der Waals surface area contributed by atoms with Crippen molar-refractivity contribution in [2.75, 3.05) is 0 Å². The summed E-state index contributed by atoms with van der Waals surface area (Å²) in [6, 6.07) is 11.1. The van der Waals surface area contributed by atoms with Gasteiger partial charge in [-0.05, 0) is 126 Å². The van der Waals surface area contributed by atoms with Crippen molar-refractivity contribution in [1.29, 1.82) is 0 Å². The SMILES string of the molecule is Cc1cc(C(=O)NC(CC(C)C)C(=O)OC(C)(C)C)c(C(=O)N(SSc2ccccc2)C(CC(C)C)C(=O)OC(C)(C)C)cc1C. The zero-order valence-corrected chi connectivity index (χ0v) is 31.1. The molecule has 2 atom stereocenters. The van der Waals surface area contributed by atoms with E-state index in [1.165, 1.54) is 15.1 Å². The van der Waals surface area contributed by atoms with E-state index >= 15 is 0 Å². The molecule has 2 aromatic carbocycles. The first-order valence-electron chi connectivity index (χ1n) is 15.8. The first kappa shape index (κ1) is 39.2. The maximum atomic E-state index is 14.6. The number of benzene rings is 2. The Balaban J connectivity index is 2.64. The van der Waals surface area contributed by atoms with E-state index in [0.717, 1.165) is 27.0 Å². The minimum absolute atomic E-state index is 0.0586. The molecule has 2 rings (SSSR count). The Bertz CT molecular complexity index is 1360. The second-order valence-corrected chi connectivity index (χ2v) is 16.6. The Morgan fingerprint density at radius 1 is 0.761 bits per heavy atom. The molecule has 0 saturated heterocycles. The number of amides is 2. The van der Waals surface area contributed by atoms with Crippen LogP contribution in [0.3, 0.4) is 0 Å². The predicted octanol–water partition coefficient (Wildman–Crippen LogP) is 8.34. The van der Waals surface area contributed by atoms with E-state index in [-0.39, 0.29) is 23.0 Å². The van der Waals surface area contributed by atoms with Crippen LogP contribution in [-0.2, 0) is 19.1 Å². The lowest BCUT2D eigenvalue weighted by Gasteiger charge is -2.32. The molecule has 0 aromatic heterocycles. The zero-order chi connectivity index (χ0) is 35.0. The summed E-state index contributed by atoms with van der Waals surface area (Å²) >= 11 is 0. The van der Waals surface area contributed by atoms with Crippen LogP contribution >= 0.6 is 21.8 Å². The van der Waals surface area contributed by atoms with Gasteiger partial charge in [-0.1, -0.05) is 45.9 Å². The number of nitrogens with one attached hydrogen (secondary N) is 1. The van der Waals surface area contributed by atoms with Crippen molar-refractivity contribution in [2.45, 2.75) is 124 Å². The van der Waals surface area contributed by atoms with Crippen LogP contribution in [0.25, 0.3) is 0 Å². The van der Waals surface area contributed by atoms with Gasteiger partial charge >= 0.3 is 11.9 Å². The van der Waals surface area contributed by atoms with Crippen LogP contribution in [0.1, 0.15) is 114 Å². The molecule has 0 bridgehead atoms. The smallest absolute Gasteiger partial charge is 0.330 e. The average Bonchev–Trinajstić information content (AvgIpc) is 2.91. The second kappa shape index (κ2) is 16.7. The Morgan fingerprint density at radius 2 is 1.26 bits per heavy atom. The monoisotopic (exact) mass is 672 g/mol. The van der Waals surface area contributed by atoms with Gasteiger partial charge in [-0.15, -0.1) is 0 Å². The summed E-state index contributed by atoms with van der Waals surface area (Å²) in [7, 11) is 2.48. The van der Waals surface area contributed by atoms with E-state index in [1.807, 2.05) is 71.9 Å². The number of nitrogens with zero attached hydrogens (tertiary/aromatic N) is 1. The lowest BCUT2D eigenvalue weighted by molar-refractivity contribution is -0.159. The fourth-order valence-corrected chi connectivity index (χ4v) is 6.71. The summed E-state index contributed by atoms with van der Waals surface area (Å²) in [5.41, 5.74) is 0.364. The minimum atomic E-state index is -0.930. The maximum absolute atomic E-state index is 14.6. The minimum Gasteiger partial charge on any atom is -0.458 e. The first-order valence-corrected chi connectivity index (χ1v) is 17.9. The summed E-state index contributed by atoms with van der Waals surface area (Å²) in [6.45, 7) is 22.3. The van der Waals surface area contributed by atoms with Gasteiger partial charge in [-0.25, -0.2) is 9.59 Å². The lowest BCUT2D eigenvalue weighted by atomic mass is 9.96. The second-order valence-electron chi connectivity index (χ2n) is 14.5. The number of carbonyl (C=O) groups excluding carboxylic acids is 4. The van der Waals surface area contributed by atoms with E-state index in [2.05, 4.69) is 5.32 Å². The molecule has 2 aromatic rings. The van der Waals surface area contributed by atoms with E-state index in [0.29, 0.717) is 12.8 Å². The molecular weight excluding hydrogens is 621 g/mol. The Hall–Kier alpha value is -2.98. The summed E-state index contributed by atoms with van der Waals surface area (Å²) in [6.07, 6.45) is 0.712. The molecule has 1 N–H and O–H groups in total. The highest BCUT2D eigenvalue weighted by atomic mass is 33.1. The van der Waals surface area contributed by atoms with Crippen molar-refractivity contribution in [3.8, 4) is 0 Å². The van der Waals surface area contributed by atoms with Crippen LogP contribution < -0.4 is 5.32 Å². The number of aryl methyl sites for hydroxylation is 2. The first-order chi connectivity index (χ1) is 21.2. The van der Waals surface area contributed by atoms with Crippen LogP contribution in [0.4, 0.5) is 0 Å². The molecule has 0 saturated carbocycles. The maximum Gasteiger partial charge on any atom is 0.330 e. The van der Waals surface area contributed by atoms with Crippen LogP contribution in [-0.4, -0.2) is 51.3 Å². The summed E-state index contributed by atoms with van der Waals surface area (Å²) in [5.74, 6) is -1.98. The normalized spacial score (nSPS) is 13.3. The van der Waals surface area contributed by atoms with Gasteiger partial charge in [0.15, 0.2) is 0 Å². The molecular formula is C36H52N2O6S2. The molecule has 254 valence electrons. The Kier molecular flexibility index (Phi) is 14.3. The summed E-state index contributed by atoms with van der Waals surface area (Å²) < 4.78 is 12.9. The summed E-state index contributed by atoms with van der Waals surface area (Å²) in [4.78, 5) is 56.3. The van der Waals surface area contributed by atoms with Gasteiger partial charge in [-0.3, -0.25) is 13.9 Å². The van der Waals surface area contributed by atoms with Gasteiger partial charge in [0.25, 0.3) is 11.8 Å². The molecule has 2 amide bonds. The van der Waals surface area contributed by atoms with E-state index in [1.54, 1.807) is 53.7 Å². The number of hydrogen-bond acceptors (Lipinski definition) is 8. The molecule has 0 spiro atoms. The topological polar surface area (TPSA) is 102 Å². The predicted molar refractivity (Wildman–Crippen MR) is 188 cm³/mol. The van der Waals surface area contributed by atoms with Crippen LogP contribution in [0.5, 0.6) is 0 Å². The Morgan fingerprint density at radius 3 is 1.76 bits per heavy atom. The van der Waals surface area contributed by atoms with Gasteiger partial charge in [-0.2, -0.15) is 0 Å². The molecule has 0 aliphatic rings. The molecule has 10 heteroatoms. The van der Waals surface area contributed by atoms with Gasteiger partial charge < -0.3 is 14.8 Å². The number of rotatable bonds is 13. The van der Waals surface area contributed by atoms with E-state index in [9.17, 15) is 19.2 Å². The molecule has 0 aliphatic heterocycles. The standard InChI is InChI=1S/C36H52N2O6S2/c1-22(2)18-29(33(41)43-35(7,8)9)37-31(39)27-20-24(5)25(6)21-28(27)32(40)38(46-45-26-16-14-13-15-17-26)30(19-23(3)4)34(42)44-36(10,11)12/h13-17,20-23,29-30H,18-19H2,1-12H3,(H,37,39). The molecule has 2 unspecified atom stereocenters.